The number of nitrogens with zero attached hydrogens (tertiary/aromatic N) is 1. The van der Waals surface area contributed by atoms with E-state index in [1.807, 2.05) is 0 Å². The number of hydrogen-bond acceptors (Lipinski definition) is 8. The fourth-order valence-corrected chi connectivity index (χ4v) is 11.2. The second-order valence-corrected chi connectivity index (χ2v) is 14.8. The molecule has 1 aromatic heterocycles. The Morgan fingerprint density at radius 3 is 2.47 bits per heavy atom. The van der Waals surface area contributed by atoms with E-state index in [-0.39, 0.29) is 52.2 Å². The van der Waals surface area contributed by atoms with E-state index in [2.05, 4.69) is 10.3 Å². The van der Waals surface area contributed by atoms with Crippen molar-refractivity contribution in [3.05, 3.63) is 97.7 Å². The maximum atomic E-state index is 14.1. The predicted octanol–water partition coefficient (Wildman–Crippen LogP) is 5.93. The van der Waals surface area contributed by atoms with Crippen molar-refractivity contribution in [3.8, 4) is 11.5 Å². The molecule has 2 N–H and O–H groups in total. The average Bonchev–Trinajstić information content (AvgIpc) is 3.80. The number of hydrogen-bond donors (Lipinski definition) is 2. The molecule has 4 aromatic rings. The van der Waals surface area contributed by atoms with Gasteiger partial charge in [-0.15, -0.1) is 11.8 Å². The number of halogens is 2. The van der Waals surface area contributed by atoms with Gasteiger partial charge in [0.2, 0.25) is 11.8 Å². The van der Waals surface area contributed by atoms with E-state index in [0.717, 1.165) is 27.7 Å². The number of carbonyl (C=O) groups is 3. The summed E-state index contributed by atoms with van der Waals surface area (Å²) < 4.78 is 24.7. The Labute approximate surface area is 281 Å². The van der Waals surface area contributed by atoms with E-state index in [4.69, 9.17) is 21.1 Å². The molecule has 47 heavy (non-hydrogen) atoms. The lowest BCUT2D eigenvalue weighted by molar-refractivity contribution is -0.123. The molecular formula is C34H27ClFN3O6S2. The molecule has 7 atom stereocenters. The lowest BCUT2D eigenvalue weighted by Crippen LogP contribution is -2.42. The van der Waals surface area contributed by atoms with Crippen molar-refractivity contribution in [2.24, 2.45) is 29.6 Å². The second kappa shape index (κ2) is 11.5. The third-order valence-corrected chi connectivity index (χ3v) is 12.7. The highest BCUT2D eigenvalue weighted by Gasteiger charge is 2.69. The van der Waals surface area contributed by atoms with Crippen molar-refractivity contribution in [2.45, 2.75) is 22.6 Å². The lowest BCUT2D eigenvalue weighted by atomic mass is 9.68. The van der Waals surface area contributed by atoms with Crippen molar-refractivity contribution in [3.63, 3.8) is 0 Å². The number of carbonyl (C=O) groups excluding carboxylic acids is 3. The highest BCUT2D eigenvalue weighted by molar-refractivity contribution is 8.00. The highest BCUT2D eigenvalue weighted by Crippen LogP contribution is 2.69. The van der Waals surface area contributed by atoms with E-state index in [1.54, 1.807) is 61.3 Å². The number of anilines is 2. The molecule has 4 aliphatic rings. The average molecular weight is 692 g/mol. The summed E-state index contributed by atoms with van der Waals surface area (Å²) in [4.78, 5) is 58.5. The van der Waals surface area contributed by atoms with Gasteiger partial charge in [-0.1, -0.05) is 22.9 Å². The van der Waals surface area contributed by atoms with Crippen LogP contribution in [0.5, 0.6) is 11.5 Å². The van der Waals surface area contributed by atoms with Crippen LogP contribution < -0.4 is 24.6 Å². The van der Waals surface area contributed by atoms with Crippen LogP contribution in [0.3, 0.4) is 0 Å². The number of aromatic amines is 1. The number of rotatable bonds is 7. The van der Waals surface area contributed by atoms with Gasteiger partial charge in [0.25, 0.3) is 5.91 Å². The van der Waals surface area contributed by atoms with Crippen LogP contribution in [0.4, 0.5) is 15.8 Å². The second-order valence-electron chi connectivity index (χ2n) is 12.2. The molecule has 13 heteroatoms. The minimum Gasteiger partial charge on any atom is -0.497 e. The van der Waals surface area contributed by atoms with Gasteiger partial charge in [0.15, 0.2) is 6.61 Å². The third-order valence-electron chi connectivity index (χ3n) is 9.85. The van der Waals surface area contributed by atoms with Gasteiger partial charge in [-0.3, -0.25) is 24.1 Å². The Bertz CT molecular complexity index is 1980. The Morgan fingerprint density at radius 2 is 1.74 bits per heavy atom. The summed E-state index contributed by atoms with van der Waals surface area (Å²) in [6.45, 7) is -0.321. The Hall–Kier alpha value is -4.13. The van der Waals surface area contributed by atoms with Crippen LogP contribution in [0.2, 0.25) is 5.02 Å². The minimum absolute atomic E-state index is 0.0369. The molecule has 1 saturated heterocycles. The molecule has 2 aliphatic heterocycles. The van der Waals surface area contributed by atoms with E-state index in [9.17, 15) is 23.6 Å². The van der Waals surface area contributed by atoms with Gasteiger partial charge in [0.1, 0.15) is 17.3 Å². The molecule has 8 rings (SSSR count). The molecule has 9 nitrogen and oxygen atoms in total. The topological polar surface area (TPSA) is 118 Å². The lowest BCUT2D eigenvalue weighted by Gasteiger charge is -2.43. The van der Waals surface area contributed by atoms with Gasteiger partial charge in [0.05, 0.1) is 29.7 Å². The third kappa shape index (κ3) is 4.96. The summed E-state index contributed by atoms with van der Waals surface area (Å²) in [5.41, 5.74) is 1.67. The fraction of sp³-hybridized carbons (Fsp3) is 0.294. The van der Waals surface area contributed by atoms with Crippen LogP contribution in [-0.4, -0.2) is 41.7 Å². The van der Waals surface area contributed by atoms with Crippen LogP contribution in [0.15, 0.2) is 76.6 Å². The van der Waals surface area contributed by atoms with Crippen LogP contribution >= 0.6 is 34.7 Å². The van der Waals surface area contributed by atoms with Gasteiger partial charge >= 0.3 is 4.87 Å². The van der Waals surface area contributed by atoms with Gasteiger partial charge < -0.3 is 19.8 Å². The van der Waals surface area contributed by atoms with Crippen LogP contribution in [0, 0.1) is 35.4 Å². The molecule has 3 fully saturated rings. The summed E-state index contributed by atoms with van der Waals surface area (Å²) in [6.07, 6.45) is 0.720. The number of H-pyrrole nitrogens is 1. The van der Waals surface area contributed by atoms with Crippen molar-refractivity contribution in [2.75, 3.05) is 23.9 Å². The maximum Gasteiger partial charge on any atom is 0.305 e. The monoisotopic (exact) mass is 691 g/mol. The molecule has 0 radical (unpaired) electrons. The summed E-state index contributed by atoms with van der Waals surface area (Å²) in [5.74, 6) is -1.73. The van der Waals surface area contributed by atoms with Gasteiger partial charge in [-0.05, 0) is 90.9 Å². The van der Waals surface area contributed by atoms with Gasteiger partial charge in [0, 0.05) is 32.3 Å². The van der Waals surface area contributed by atoms with Crippen molar-refractivity contribution >= 4 is 63.8 Å². The van der Waals surface area contributed by atoms with Gasteiger partial charge in [-0.2, -0.15) is 0 Å². The fourth-order valence-electron chi connectivity index (χ4n) is 8.12. The van der Waals surface area contributed by atoms with Crippen molar-refractivity contribution in [1.82, 2.24) is 4.98 Å². The zero-order chi connectivity index (χ0) is 32.6. The largest absolute Gasteiger partial charge is 0.497 e. The van der Waals surface area contributed by atoms with Crippen LogP contribution in [0.25, 0.3) is 0 Å². The van der Waals surface area contributed by atoms with Crippen LogP contribution in [-0.2, 0) is 14.4 Å². The number of aromatic nitrogens is 1. The van der Waals surface area contributed by atoms with E-state index >= 15 is 0 Å². The normalized spacial score (nSPS) is 27.0. The predicted molar refractivity (Wildman–Crippen MR) is 176 cm³/mol. The Balaban J connectivity index is 1.13. The zero-order valence-corrected chi connectivity index (χ0v) is 27.2. The van der Waals surface area contributed by atoms with Crippen molar-refractivity contribution < 1.29 is 28.2 Å². The summed E-state index contributed by atoms with van der Waals surface area (Å²) in [7, 11) is 1.56. The smallest absolute Gasteiger partial charge is 0.305 e. The molecule has 2 saturated carbocycles. The molecular weight excluding hydrogens is 665 g/mol. The first-order valence-electron chi connectivity index (χ1n) is 15.1. The molecule has 2 aliphatic carbocycles. The molecule has 240 valence electrons. The standard InChI is InChI=1S/C34H27ClFN3O6S2/c1-44-19-9-7-18(8-10-19)39-32(41)27-21-13-22(28(27)33(39)42)29-26(21)25(30-31(46-29)38-34(43)47-30)20-12-15(35)2-11-23(20)45-14-24(40)37-17-5-3-16(36)4-6-17/h2-12,21-22,25-29H,13-14H2,1H3,(H,37,40)(H,38,43)/t21-,22-,25-,26?,27?,28?,29?/m1/s1. The number of imide groups is 1. The van der Waals surface area contributed by atoms with Gasteiger partial charge in [-0.25, -0.2) is 4.39 Å². The number of benzene rings is 3. The summed E-state index contributed by atoms with van der Waals surface area (Å²) >= 11 is 9.27. The van der Waals surface area contributed by atoms with Crippen LogP contribution in [0.1, 0.15) is 22.8 Å². The first kappa shape index (κ1) is 30.2. The van der Waals surface area contributed by atoms with E-state index in [1.165, 1.54) is 29.2 Å². The molecule has 3 aromatic carbocycles. The molecule has 3 amide bonds. The number of thiazole rings is 1. The number of ether oxygens (including phenoxy) is 2. The highest BCUT2D eigenvalue weighted by atomic mass is 35.5. The zero-order valence-electron chi connectivity index (χ0n) is 24.8. The minimum atomic E-state index is -0.485. The summed E-state index contributed by atoms with van der Waals surface area (Å²) in [6, 6.07) is 17.5. The number of thioether (sulfide) groups is 1. The number of fused-ring (bicyclic) bond motifs is 9. The molecule has 0 spiro atoms. The SMILES string of the molecule is COc1ccc(N2C(=O)C3C(C2=O)[C@@H]2C[C@H]3C3Sc4[nH]c(=O)sc4[C@H](c4cc(Cl)ccc4OCC(=O)Nc4ccc(F)cc4)C32)cc1. The van der Waals surface area contributed by atoms with E-state index in [0.29, 0.717) is 33.5 Å². The molecule has 4 unspecified atom stereocenters. The van der Waals surface area contributed by atoms with Crippen molar-refractivity contribution in [1.29, 1.82) is 0 Å². The van der Waals surface area contributed by atoms with E-state index < -0.39 is 23.6 Å². The first-order chi connectivity index (χ1) is 22.7. The summed E-state index contributed by atoms with van der Waals surface area (Å²) in [5, 5.41) is 3.87. The number of nitrogens with one attached hydrogen (secondary N) is 2. The maximum absolute atomic E-state index is 14.1. The molecule has 2 bridgehead atoms. The quantitative estimate of drug-likeness (QED) is 0.231. The molecule has 3 heterocycles. The number of amides is 3. The first-order valence-corrected chi connectivity index (χ1v) is 17.2. The number of methoxy groups -OCH3 is 1. The Kier molecular flexibility index (Phi) is 7.42. The Morgan fingerprint density at radius 1 is 1.02 bits per heavy atom.